The fraction of sp³-hybridized carbons (Fsp3) is 0.882. The number of esters is 2. The minimum absolute atomic E-state index is 0.0366. The van der Waals surface area contributed by atoms with Crippen LogP contribution in [-0.4, -0.2) is 34.9 Å². The lowest BCUT2D eigenvalue weighted by molar-refractivity contribution is -0.167. The molecule has 1 aliphatic heterocycles. The SMILES string of the molecule is CC(=O)O[C@]1(C)CCC2[C@H](OC(=O)[C@H]2C)C2C1C[C@H](O)[C@H]2C. The van der Waals surface area contributed by atoms with Gasteiger partial charge in [-0.25, -0.2) is 0 Å². The smallest absolute Gasteiger partial charge is 0.309 e. The van der Waals surface area contributed by atoms with Crippen molar-refractivity contribution in [3.63, 3.8) is 0 Å². The summed E-state index contributed by atoms with van der Waals surface area (Å²) in [6.45, 7) is 7.35. The van der Waals surface area contributed by atoms with Gasteiger partial charge in [-0.1, -0.05) is 13.8 Å². The molecule has 0 aromatic heterocycles. The van der Waals surface area contributed by atoms with Crippen LogP contribution in [0.1, 0.15) is 47.0 Å². The largest absolute Gasteiger partial charge is 0.462 e. The minimum atomic E-state index is -0.585. The standard InChI is InChI=1S/C17H26O5/c1-8-11-5-6-17(4,22-10(3)18)12-7-13(19)9(2)14(12)15(11)21-16(8)20/h8-9,11-15,19H,5-7H2,1-4H3/t8-,9+,11?,12?,13-,14?,15-,17+/m0/s1. The van der Waals surface area contributed by atoms with E-state index in [9.17, 15) is 14.7 Å². The second kappa shape index (κ2) is 5.22. The van der Waals surface area contributed by atoms with E-state index in [-0.39, 0.29) is 47.6 Å². The third kappa shape index (κ3) is 2.25. The van der Waals surface area contributed by atoms with Crippen molar-refractivity contribution in [3.05, 3.63) is 0 Å². The van der Waals surface area contributed by atoms with Crippen LogP contribution in [0.25, 0.3) is 0 Å². The number of carbonyl (C=O) groups excluding carboxylic acids is 2. The number of carbonyl (C=O) groups is 2. The maximum Gasteiger partial charge on any atom is 0.309 e. The lowest BCUT2D eigenvalue weighted by Crippen LogP contribution is -2.43. The maximum atomic E-state index is 12.0. The maximum absolute atomic E-state index is 12.0. The number of aliphatic hydroxyl groups excluding tert-OH is 1. The quantitative estimate of drug-likeness (QED) is 0.749. The van der Waals surface area contributed by atoms with Gasteiger partial charge in [0, 0.05) is 24.7 Å². The van der Waals surface area contributed by atoms with Crippen molar-refractivity contribution in [1.82, 2.24) is 0 Å². The van der Waals surface area contributed by atoms with Crippen LogP contribution in [-0.2, 0) is 19.1 Å². The number of hydrogen-bond donors (Lipinski definition) is 1. The molecule has 0 spiro atoms. The van der Waals surface area contributed by atoms with Gasteiger partial charge >= 0.3 is 11.9 Å². The highest BCUT2D eigenvalue weighted by Crippen LogP contribution is 2.55. The molecule has 3 fully saturated rings. The molecule has 3 aliphatic rings. The van der Waals surface area contributed by atoms with Crippen LogP contribution < -0.4 is 0 Å². The number of rotatable bonds is 1. The molecule has 2 saturated carbocycles. The third-order valence-corrected chi connectivity index (χ3v) is 6.38. The number of fused-ring (bicyclic) bond motifs is 3. The Morgan fingerprint density at radius 2 is 2.09 bits per heavy atom. The summed E-state index contributed by atoms with van der Waals surface area (Å²) in [5, 5.41) is 10.4. The monoisotopic (exact) mass is 310 g/mol. The molecule has 3 unspecified atom stereocenters. The van der Waals surface area contributed by atoms with E-state index in [1.165, 1.54) is 6.92 Å². The van der Waals surface area contributed by atoms with Crippen molar-refractivity contribution in [2.75, 3.05) is 0 Å². The molecule has 5 heteroatoms. The number of ether oxygens (including phenoxy) is 2. The van der Waals surface area contributed by atoms with E-state index in [4.69, 9.17) is 9.47 Å². The summed E-state index contributed by atoms with van der Waals surface area (Å²) in [5.74, 6) is -0.231. The average molecular weight is 310 g/mol. The Morgan fingerprint density at radius 3 is 2.73 bits per heavy atom. The first-order valence-electron chi connectivity index (χ1n) is 8.32. The first-order valence-corrected chi connectivity index (χ1v) is 8.32. The molecule has 0 aromatic carbocycles. The highest BCUT2D eigenvalue weighted by molar-refractivity contribution is 5.75. The van der Waals surface area contributed by atoms with Gasteiger partial charge in [0.05, 0.1) is 12.0 Å². The molecule has 124 valence electrons. The molecule has 5 nitrogen and oxygen atoms in total. The molecule has 0 radical (unpaired) electrons. The molecule has 0 aromatic rings. The van der Waals surface area contributed by atoms with Crippen molar-refractivity contribution in [2.45, 2.75) is 64.8 Å². The molecular formula is C17H26O5. The molecule has 0 amide bonds. The van der Waals surface area contributed by atoms with Gasteiger partial charge in [0.25, 0.3) is 0 Å². The Kier molecular flexibility index (Phi) is 3.75. The zero-order valence-corrected chi connectivity index (χ0v) is 13.7. The first kappa shape index (κ1) is 15.8. The van der Waals surface area contributed by atoms with E-state index in [1.54, 1.807) is 0 Å². The predicted octanol–water partition coefficient (Wildman–Crippen LogP) is 1.91. The lowest BCUT2D eigenvalue weighted by atomic mass is 9.75. The Bertz CT molecular complexity index is 489. The van der Waals surface area contributed by atoms with Gasteiger partial charge in [-0.15, -0.1) is 0 Å². The Morgan fingerprint density at radius 1 is 1.41 bits per heavy atom. The van der Waals surface area contributed by atoms with Gasteiger partial charge in [-0.2, -0.15) is 0 Å². The summed E-state index contributed by atoms with van der Waals surface area (Å²) in [6.07, 6.45) is 1.55. The Balaban J connectivity index is 1.98. The van der Waals surface area contributed by atoms with Crippen LogP contribution in [0, 0.1) is 29.6 Å². The second-order valence-corrected chi connectivity index (χ2v) is 7.65. The third-order valence-electron chi connectivity index (χ3n) is 6.38. The van der Waals surface area contributed by atoms with E-state index in [0.717, 1.165) is 12.8 Å². The van der Waals surface area contributed by atoms with Gasteiger partial charge in [-0.3, -0.25) is 9.59 Å². The van der Waals surface area contributed by atoms with E-state index in [2.05, 4.69) is 0 Å². The minimum Gasteiger partial charge on any atom is -0.462 e. The fourth-order valence-corrected chi connectivity index (χ4v) is 5.10. The van der Waals surface area contributed by atoms with Crippen LogP contribution in [0.4, 0.5) is 0 Å². The predicted molar refractivity (Wildman–Crippen MR) is 78.7 cm³/mol. The summed E-state index contributed by atoms with van der Waals surface area (Å²) in [5.41, 5.74) is -0.585. The van der Waals surface area contributed by atoms with E-state index in [1.807, 2.05) is 20.8 Å². The second-order valence-electron chi connectivity index (χ2n) is 7.65. The molecule has 22 heavy (non-hydrogen) atoms. The van der Waals surface area contributed by atoms with Crippen molar-refractivity contribution >= 4 is 11.9 Å². The first-order chi connectivity index (χ1) is 10.2. The van der Waals surface area contributed by atoms with Gasteiger partial charge in [-0.05, 0) is 32.1 Å². The molecule has 1 N–H and O–H groups in total. The average Bonchev–Trinajstić information content (AvgIpc) is 2.82. The van der Waals surface area contributed by atoms with Crippen LogP contribution in [0.3, 0.4) is 0 Å². The molecule has 8 atom stereocenters. The van der Waals surface area contributed by atoms with Gasteiger partial charge in [0.1, 0.15) is 11.7 Å². The molecule has 1 heterocycles. The van der Waals surface area contributed by atoms with Gasteiger partial charge < -0.3 is 14.6 Å². The summed E-state index contributed by atoms with van der Waals surface area (Å²) < 4.78 is 11.4. The van der Waals surface area contributed by atoms with Crippen molar-refractivity contribution < 1.29 is 24.2 Å². The topological polar surface area (TPSA) is 72.8 Å². The van der Waals surface area contributed by atoms with Crippen LogP contribution in [0.5, 0.6) is 0 Å². The zero-order valence-electron chi connectivity index (χ0n) is 13.7. The number of aliphatic hydroxyl groups is 1. The van der Waals surface area contributed by atoms with E-state index in [0.29, 0.717) is 6.42 Å². The molecule has 2 aliphatic carbocycles. The highest BCUT2D eigenvalue weighted by Gasteiger charge is 2.60. The van der Waals surface area contributed by atoms with Gasteiger partial charge in [0.15, 0.2) is 0 Å². The summed E-state index contributed by atoms with van der Waals surface area (Å²) in [7, 11) is 0. The van der Waals surface area contributed by atoms with Crippen LogP contribution >= 0.6 is 0 Å². The lowest BCUT2D eigenvalue weighted by Gasteiger charge is -2.38. The zero-order chi connectivity index (χ0) is 16.2. The van der Waals surface area contributed by atoms with E-state index < -0.39 is 11.7 Å². The Labute approximate surface area is 131 Å². The summed E-state index contributed by atoms with van der Waals surface area (Å²) in [4.78, 5) is 23.6. The van der Waals surface area contributed by atoms with Gasteiger partial charge in [0.2, 0.25) is 0 Å². The number of hydrogen-bond acceptors (Lipinski definition) is 5. The fourth-order valence-electron chi connectivity index (χ4n) is 5.10. The van der Waals surface area contributed by atoms with Crippen molar-refractivity contribution in [1.29, 1.82) is 0 Å². The van der Waals surface area contributed by atoms with E-state index >= 15 is 0 Å². The summed E-state index contributed by atoms with van der Waals surface area (Å²) in [6, 6.07) is 0. The summed E-state index contributed by atoms with van der Waals surface area (Å²) >= 11 is 0. The normalized spacial score (nSPS) is 50.8. The molecule has 0 bridgehead atoms. The van der Waals surface area contributed by atoms with Crippen molar-refractivity contribution in [2.24, 2.45) is 29.6 Å². The Hall–Kier alpha value is -1.10. The molecular weight excluding hydrogens is 284 g/mol. The van der Waals surface area contributed by atoms with Crippen LogP contribution in [0.2, 0.25) is 0 Å². The molecule has 3 rings (SSSR count). The van der Waals surface area contributed by atoms with Crippen LogP contribution in [0.15, 0.2) is 0 Å². The molecule has 1 saturated heterocycles. The van der Waals surface area contributed by atoms with Crippen molar-refractivity contribution in [3.8, 4) is 0 Å². The highest BCUT2D eigenvalue weighted by atomic mass is 16.6.